The van der Waals surface area contributed by atoms with Crippen molar-refractivity contribution in [2.24, 2.45) is 0 Å². The van der Waals surface area contributed by atoms with Gasteiger partial charge in [-0.25, -0.2) is 0 Å². The maximum absolute atomic E-state index is 8.29. The molecule has 0 radical (unpaired) electrons. The first kappa shape index (κ1) is 9.83. The molecular weight excluding hydrogens is 206 g/mol. The predicted molar refractivity (Wildman–Crippen MR) is 53.3 cm³/mol. The lowest BCUT2D eigenvalue weighted by Gasteiger charge is -2.00. The topological polar surface area (TPSA) is 80.3 Å². The zero-order chi connectivity index (χ0) is 9.68. The zero-order valence-electron chi connectivity index (χ0n) is 6.63. The highest BCUT2D eigenvalue weighted by molar-refractivity contribution is 7.71. The Balaban J connectivity index is 2.73. The van der Waals surface area contributed by atoms with E-state index in [0.717, 1.165) is 0 Å². The maximum atomic E-state index is 8.29. The summed E-state index contributed by atoms with van der Waals surface area (Å²) in [5.41, 5.74) is 0. The molecule has 7 heteroatoms. The molecule has 0 aromatic carbocycles. The highest BCUT2D eigenvalue weighted by Crippen LogP contribution is 1.94. The standard InChI is InChI=1S/C6H7N5S2/c7-2-1-3-8-4-9-5(12)11-6(13)10-4/h1,3H2,(H3,8,9,10,11,12,13). The molecule has 0 aliphatic rings. The van der Waals surface area contributed by atoms with E-state index in [-0.39, 0.29) is 0 Å². The van der Waals surface area contributed by atoms with E-state index in [1.54, 1.807) is 0 Å². The fourth-order valence-electron chi connectivity index (χ4n) is 0.714. The smallest absolute Gasteiger partial charge is 0.205 e. The van der Waals surface area contributed by atoms with Crippen molar-refractivity contribution in [2.75, 3.05) is 11.9 Å². The summed E-state index contributed by atoms with van der Waals surface area (Å²) in [6.45, 7) is 0.521. The van der Waals surface area contributed by atoms with Gasteiger partial charge in [-0.05, 0) is 24.4 Å². The average Bonchev–Trinajstić information content (AvgIpc) is 2.03. The first-order valence-corrected chi connectivity index (χ1v) is 4.35. The molecule has 5 nitrogen and oxygen atoms in total. The van der Waals surface area contributed by atoms with E-state index in [1.165, 1.54) is 0 Å². The van der Waals surface area contributed by atoms with Gasteiger partial charge in [-0.1, -0.05) is 0 Å². The summed E-state index contributed by atoms with van der Waals surface area (Å²) < 4.78 is 0.739. The number of nitrogens with one attached hydrogen (secondary N) is 3. The van der Waals surface area contributed by atoms with Crippen LogP contribution in [0.15, 0.2) is 0 Å². The van der Waals surface area contributed by atoms with Crippen molar-refractivity contribution in [1.82, 2.24) is 15.0 Å². The molecular formula is C6H7N5S2. The number of hydrogen-bond donors (Lipinski definition) is 3. The normalized spacial score (nSPS) is 9.15. The van der Waals surface area contributed by atoms with Crippen molar-refractivity contribution in [3.8, 4) is 6.07 Å². The lowest BCUT2D eigenvalue weighted by atomic mass is 10.5. The molecule has 0 aliphatic carbocycles. The molecule has 0 unspecified atom stereocenters. The fourth-order valence-corrected chi connectivity index (χ4v) is 1.17. The molecule has 0 spiro atoms. The van der Waals surface area contributed by atoms with Gasteiger partial charge in [0.1, 0.15) is 0 Å². The second-order valence-electron chi connectivity index (χ2n) is 2.18. The fraction of sp³-hybridized carbons (Fsp3) is 0.333. The second-order valence-corrected chi connectivity index (χ2v) is 2.97. The Kier molecular flexibility index (Phi) is 3.54. The van der Waals surface area contributed by atoms with E-state index in [2.05, 4.69) is 20.3 Å². The molecule has 1 heterocycles. The number of nitriles is 1. The molecule has 1 aromatic rings. The molecule has 0 saturated carbocycles. The zero-order valence-corrected chi connectivity index (χ0v) is 8.26. The van der Waals surface area contributed by atoms with Crippen LogP contribution in [0.4, 0.5) is 5.95 Å². The van der Waals surface area contributed by atoms with Crippen LogP contribution >= 0.6 is 24.4 Å². The minimum absolute atomic E-state index is 0.322. The van der Waals surface area contributed by atoms with Crippen molar-refractivity contribution in [2.45, 2.75) is 6.42 Å². The summed E-state index contributed by atoms with van der Waals surface area (Å²) in [5.74, 6) is 0.490. The van der Waals surface area contributed by atoms with Gasteiger partial charge in [-0.15, -0.1) is 0 Å². The van der Waals surface area contributed by atoms with Crippen LogP contribution < -0.4 is 5.32 Å². The van der Waals surface area contributed by atoms with Gasteiger partial charge in [-0.3, -0.25) is 0 Å². The maximum Gasteiger partial charge on any atom is 0.205 e. The minimum atomic E-state index is 0.322. The molecule has 68 valence electrons. The number of H-pyrrole nitrogens is 2. The third-order valence-corrected chi connectivity index (χ3v) is 1.59. The van der Waals surface area contributed by atoms with Crippen molar-refractivity contribution in [3.05, 3.63) is 9.54 Å². The van der Waals surface area contributed by atoms with Gasteiger partial charge >= 0.3 is 0 Å². The molecule has 0 saturated heterocycles. The number of aromatic amines is 2. The van der Waals surface area contributed by atoms with Crippen LogP contribution in [0, 0.1) is 20.9 Å². The lowest BCUT2D eigenvalue weighted by Crippen LogP contribution is -2.05. The summed E-state index contributed by atoms with van der Waals surface area (Å²) in [4.78, 5) is 9.35. The number of hydrogen-bond acceptors (Lipinski definition) is 5. The summed E-state index contributed by atoms with van der Waals surface area (Å²) in [7, 11) is 0. The van der Waals surface area contributed by atoms with Crippen LogP contribution in [-0.2, 0) is 0 Å². The quantitative estimate of drug-likeness (QED) is 0.524. The Hall–Kier alpha value is -1.26. The number of anilines is 1. The van der Waals surface area contributed by atoms with E-state index in [4.69, 9.17) is 29.7 Å². The molecule has 1 rings (SSSR count). The molecule has 0 amide bonds. The highest BCUT2D eigenvalue weighted by Gasteiger charge is 1.92. The Morgan fingerprint density at radius 3 is 2.85 bits per heavy atom. The van der Waals surface area contributed by atoms with Crippen LogP contribution in [0.25, 0.3) is 0 Å². The lowest BCUT2D eigenvalue weighted by molar-refractivity contribution is 0.963. The van der Waals surface area contributed by atoms with Crippen LogP contribution in [0.3, 0.4) is 0 Å². The largest absolute Gasteiger partial charge is 0.355 e. The van der Waals surface area contributed by atoms with Crippen LogP contribution in [0.2, 0.25) is 0 Å². The molecule has 0 fully saturated rings. The third-order valence-electron chi connectivity index (χ3n) is 1.19. The molecule has 0 bridgehead atoms. The Bertz CT molecular complexity index is 397. The number of nitrogens with zero attached hydrogens (tertiary/aromatic N) is 2. The molecule has 0 atom stereocenters. The van der Waals surface area contributed by atoms with Gasteiger partial charge < -0.3 is 15.3 Å². The van der Waals surface area contributed by atoms with Gasteiger partial charge in [-0.2, -0.15) is 10.2 Å². The first-order chi connectivity index (χ1) is 6.22. The molecule has 13 heavy (non-hydrogen) atoms. The van der Waals surface area contributed by atoms with Crippen molar-refractivity contribution >= 4 is 30.4 Å². The van der Waals surface area contributed by atoms with Crippen molar-refractivity contribution < 1.29 is 0 Å². The second kappa shape index (κ2) is 4.69. The minimum Gasteiger partial charge on any atom is -0.355 e. The highest BCUT2D eigenvalue weighted by atomic mass is 32.1. The van der Waals surface area contributed by atoms with E-state index in [0.29, 0.717) is 28.5 Å². The summed E-state index contributed by atoms with van der Waals surface area (Å²) in [5, 5.41) is 11.2. The van der Waals surface area contributed by atoms with Crippen molar-refractivity contribution in [1.29, 1.82) is 5.26 Å². The predicted octanol–water partition coefficient (Wildman–Crippen LogP) is 1.52. The Labute approximate surface area is 84.8 Å². The van der Waals surface area contributed by atoms with Crippen molar-refractivity contribution in [3.63, 3.8) is 0 Å². The molecule has 3 N–H and O–H groups in total. The van der Waals surface area contributed by atoms with E-state index in [1.807, 2.05) is 6.07 Å². The Morgan fingerprint density at radius 2 is 2.23 bits per heavy atom. The van der Waals surface area contributed by atoms with E-state index in [9.17, 15) is 0 Å². The van der Waals surface area contributed by atoms with Gasteiger partial charge in [0.2, 0.25) is 10.7 Å². The van der Waals surface area contributed by atoms with Gasteiger partial charge in [0.25, 0.3) is 0 Å². The Morgan fingerprint density at radius 1 is 1.46 bits per heavy atom. The van der Waals surface area contributed by atoms with Crippen LogP contribution in [0.5, 0.6) is 0 Å². The summed E-state index contributed by atoms with van der Waals surface area (Å²) in [6.07, 6.45) is 0.410. The van der Waals surface area contributed by atoms with E-state index < -0.39 is 0 Å². The van der Waals surface area contributed by atoms with E-state index >= 15 is 0 Å². The SMILES string of the molecule is N#CCCNc1nc(=S)[nH]c(=S)[nH]1. The molecule has 1 aromatic heterocycles. The molecule has 0 aliphatic heterocycles. The van der Waals surface area contributed by atoms with Crippen LogP contribution in [0.1, 0.15) is 6.42 Å². The van der Waals surface area contributed by atoms with Gasteiger partial charge in [0, 0.05) is 6.54 Å². The summed E-state index contributed by atoms with van der Waals surface area (Å²) >= 11 is 9.65. The van der Waals surface area contributed by atoms with Gasteiger partial charge in [0.15, 0.2) is 4.77 Å². The monoisotopic (exact) mass is 213 g/mol. The number of rotatable bonds is 3. The summed E-state index contributed by atoms with van der Waals surface area (Å²) in [6, 6.07) is 2.00. The third kappa shape index (κ3) is 3.31. The van der Waals surface area contributed by atoms with Gasteiger partial charge in [0.05, 0.1) is 12.5 Å². The number of aromatic nitrogens is 3. The first-order valence-electron chi connectivity index (χ1n) is 3.54. The average molecular weight is 213 g/mol. The van der Waals surface area contributed by atoms with Crippen LogP contribution in [-0.4, -0.2) is 21.5 Å².